The zero-order valence-corrected chi connectivity index (χ0v) is 13.2. The molecule has 1 heteroatoms. The normalized spacial score (nSPS) is 18.0. The Morgan fingerprint density at radius 1 is 0.692 bits per heavy atom. The Kier molecular flexibility index (Phi) is 7.58. The number of hydrogen-bond acceptors (Lipinski definition) is 0. The van der Waals surface area contributed by atoms with Gasteiger partial charge >= 0.3 is 92.4 Å². The van der Waals surface area contributed by atoms with Gasteiger partial charge in [0.05, 0.1) is 0 Å². The third-order valence-electron chi connectivity index (χ3n) is 3.54. The van der Waals surface area contributed by atoms with E-state index in [4.69, 9.17) is 0 Å². The summed E-state index contributed by atoms with van der Waals surface area (Å²) in [6.45, 7) is 14.6. The maximum absolute atomic E-state index is 2.51. The predicted molar refractivity (Wildman–Crippen MR) is 64.9 cm³/mol. The van der Waals surface area contributed by atoms with E-state index in [-0.39, 0.29) is 0 Å². The first-order valence-corrected chi connectivity index (χ1v) is 10.9. The van der Waals surface area contributed by atoms with Crippen LogP contribution in [0.5, 0.6) is 0 Å². The molecule has 13 heavy (non-hydrogen) atoms. The van der Waals surface area contributed by atoms with Crippen LogP contribution >= 0.6 is 0 Å². The summed E-state index contributed by atoms with van der Waals surface area (Å²) in [7, 11) is 0. The average molecular weight is 290 g/mol. The molecule has 0 aromatic rings. The summed E-state index contributed by atoms with van der Waals surface area (Å²) in [5.41, 5.74) is 0. The SMILES string of the molecule is CC[CH](C)[Sn+]([CH](C)CC)[CH](C)CC. The van der Waals surface area contributed by atoms with Crippen LogP contribution in [0.15, 0.2) is 0 Å². The minimum absolute atomic E-state index is 1.09. The molecule has 0 saturated carbocycles. The van der Waals surface area contributed by atoms with Crippen molar-refractivity contribution in [3.05, 3.63) is 0 Å². The molecule has 3 unspecified atom stereocenters. The molecule has 0 saturated heterocycles. The molecule has 0 bridgehead atoms. The first-order chi connectivity index (χ1) is 6.08. The van der Waals surface area contributed by atoms with Crippen LogP contribution in [0.25, 0.3) is 0 Å². The molecule has 0 amide bonds. The molecule has 0 N–H and O–H groups in total. The van der Waals surface area contributed by atoms with E-state index >= 15 is 0 Å². The van der Waals surface area contributed by atoms with Gasteiger partial charge in [-0.25, -0.2) is 0 Å². The predicted octanol–water partition coefficient (Wildman–Crippen LogP) is 4.88. The van der Waals surface area contributed by atoms with Crippen LogP contribution in [0.1, 0.15) is 60.8 Å². The number of rotatable bonds is 6. The molecular formula is C12H27Sn+. The van der Waals surface area contributed by atoms with Crippen LogP contribution in [0.2, 0.25) is 11.8 Å². The molecule has 0 fully saturated rings. The van der Waals surface area contributed by atoms with Crippen molar-refractivity contribution in [3.8, 4) is 0 Å². The second-order valence-electron chi connectivity index (χ2n) is 4.43. The third kappa shape index (κ3) is 4.22. The van der Waals surface area contributed by atoms with E-state index in [0.29, 0.717) is 0 Å². The Labute approximate surface area is 92.2 Å². The summed E-state index contributed by atoms with van der Waals surface area (Å²) in [4.78, 5) is 0. The standard InChI is InChI=1S/3C4H9.Sn/c3*1-3-4-2;/h3*3H,4H2,1-2H3;/q;;;+1. The zero-order chi connectivity index (χ0) is 10.4. The van der Waals surface area contributed by atoms with Gasteiger partial charge in [-0.2, -0.15) is 0 Å². The summed E-state index contributed by atoms with van der Waals surface area (Å²) in [5.74, 6) is 0. The molecule has 78 valence electrons. The van der Waals surface area contributed by atoms with Crippen LogP contribution in [0.4, 0.5) is 0 Å². The summed E-state index contributed by atoms with van der Waals surface area (Å²) in [5, 5.41) is 0. The fraction of sp³-hybridized carbons (Fsp3) is 1.00. The fourth-order valence-corrected chi connectivity index (χ4v) is 14.5. The van der Waals surface area contributed by atoms with Crippen molar-refractivity contribution in [3.63, 3.8) is 0 Å². The molecule has 0 nitrogen and oxygen atoms in total. The molecule has 0 aromatic carbocycles. The van der Waals surface area contributed by atoms with Crippen LogP contribution in [-0.4, -0.2) is 19.8 Å². The molecule has 0 spiro atoms. The molecule has 0 radical (unpaired) electrons. The van der Waals surface area contributed by atoms with E-state index in [1.54, 1.807) is 0 Å². The monoisotopic (exact) mass is 291 g/mol. The molecule has 0 aliphatic carbocycles. The van der Waals surface area contributed by atoms with E-state index < -0.39 is 19.8 Å². The van der Waals surface area contributed by atoms with Gasteiger partial charge in [0.15, 0.2) is 0 Å². The Morgan fingerprint density at radius 3 is 1.08 bits per heavy atom. The molecule has 3 atom stereocenters. The summed E-state index contributed by atoms with van der Waals surface area (Å²) in [6.07, 6.45) is 4.26. The van der Waals surface area contributed by atoms with Crippen LogP contribution in [-0.2, 0) is 0 Å². The molecule has 0 heterocycles. The van der Waals surface area contributed by atoms with Gasteiger partial charge in [0.25, 0.3) is 0 Å². The van der Waals surface area contributed by atoms with Crippen LogP contribution in [0.3, 0.4) is 0 Å². The van der Waals surface area contributed by atoms with E-state index in [0.717, 1.165) is 11.8 Å². The Hall–Kier alpha value is 0.799. The van der Waals surface area contributed by atoms with Gasteiger partial charge in [0.1, 0.15) is 0 Å². The molecular weight excluding hydrogens is 263 g/mol. The zero-order valence-electron chi connectivity index (χ0n) is 10.4. The average Bonchev–Trinajstić information content (AvgIpc) is 2.16. The van der Waals surface area contributed by atoms with Crippen molar-refractivity contribution in [2.45, 2.75) is 72.6 Å². The maximum atomic E-state index is 2.51. The van der Waals surface area contributed by atoms with Gasteiger partial charge in [-0.15, -0.1) is 0 Å². The van der Waals surface area contributed by atoms with E-state index in [9.17, 15) is 0 Å². The van der Waals surface area contributed by atoms with E-state index in [2.05, 4.69) is 41.5 Å². The summed E-state index contributed by atoms with van der Waals surface area (Å²) in [6, 6.07) is 0. The Morgan fingerprint density at radius 2 is 0.923 bits per heavy atom. The molecule has 0 aliphatic rings. The molecule has 0 rings (SSSR count). The summed E-state index contributed by atoms with van der Waals surface area (Å²) < 4.78 is 3.27. The Balaban J connectivity index is 4.34. The van der Waals surface area contributed by atoms with Crippen molar-refractivity contribution in [2.75, 3.05) is 0 Å². The minimum atomic E-state index is -1.12. The van der Waals surface area contributed by atoms with Gasteiger partial charge in [-0.05, 0) is 0 Å². The quantitative estimate of drug-likeness (QED) is 0.611. The second-order valence-corrected chi connectivity index (χ2v) is 15.7. The summed E-state index contributed by atoms with van der Waals surface area (Å²) >= 11 is -1.12. The fourth-order valence-electron chi connectivity index (χ4n) is 2.16. The van der Waals surface area contributed by atoms with Gasteiger partial charge in [0, 0.05) is 0 Å². The second kappa shape index (κ2) is 7.14. The van der Waals surface area contributed by atoms with E-state index in [1.165, 1.54) is 19.3 Å². The molecule has 0 aliphatic heterocycles. The Bertz CT molecular complexity index is 98.5. The van der Waals surface area contributed by atoms with Crippen molar-refractivity contribution in [2.24, 2.45) is 0 Å². The topological polar surface area (TPSA) is 0 Å². The first-order valence-electron chi connectivity index (χ1n) is 5.94. The van der Waals surface area contributed by atoms with Gasteiger partial charge < -0.3 is 0 Å². The van der Waals surface area contributed by atoms with E-state index in [1.807, 2.05) is 0 Å². The van der Waals surface area contributed by atoms with Crippen LogP contribution in [0, 0.1) is 0 Å². The van der Waals surface area contributed by atoms with Crippen molar-refractivity contribution in [1.82, 2.24) is 0 Å². The van der Waals surface area contributed by atoms with Crippen molar-refractivity contribution < 1.29 is 0 Å². The first kappa shape index (κ1) is 13.8. The van der Waals surface area contributed by atoms with Crippen LogP contribution < -0.4 is 0 Å². The van der Waals surface area contributed by atoms with Gasteiger partial charge in [0.2, 0.25) is 0 Å². The van der Waals surface area contributed by atoms with Crippen molar-refractivity contribution >= 4 is 19.8 Å². The third-order valence-corrected chi connectivity index (χ3v) is 16.8. The van der Waals surface area contributed by atoms with Gasteiger partial charge in [-0.1, -0.05) is 0 Å². The molecule has 0 aromatic heterocycles. The number of hydrogen-bond donors (Lipinski definition) is 0. The van der Waals surface area contributed by atoms with Crippen molar-refractivity contribution in [1.29, 1.82) is 0 Å². The van der Waals surface area contributed by atoms with Gasteiger partial charge in [-0.3, -0.25) is 0 Å².